The third kappa shape index (κ3) is 3.83. The SMILES string of the molecule is COc1cc2nc(-c3nnc4ccc([C@@H](N5C[C@@H](N)[C@@H](O)C5)C(F)(F)F)cn34)ccc2cc1F. The number of pyridine rings is 2. The molecule has 3 N–H and O–H groups in total. The Bertz CT molecular complexity index is 1370. The Hall–Kier alpha value is -3.35. The van der Waals surface area contributed by atoms with Gasteiger partial charge in [-0.3, -0.25) is 9.30 Å². The van der Waals surface area contributed by atoms with Crippen molar-refractivity contribution in [1.82, 2.24) is 24.5 Å². The summed E-state index contributed by atoms with van der Waals surface area (Å²) in [6.45, 7) is -0.286. The Labute approximate surface area is 190 Å². The van der Waals surface area contributed by atoms with Crippen LogP contribution in [-0.2, 0) is 0 Å². The molecule has 1 fully saturated rings. The first-order valence-corrected chi connectivity index (χ1v) is 10.4. The van der Waals surface area contributed by atoms with Crippen molar-refractivity contribution in [2.75, 3.05) is 20.2 Å². The minimum atomic E-state index is -4.60. The third-order valence-corrected chi connectivity index (χ3v) is 5.97. The molecule has 0 bridgehead atoms. The maximum atomic E-state index is 14.1. The Kier molecular flexibility index (Phi) is 5.38. The summed E-state index contributed by atoms with van der Waals surface area (Å²) in [5, 5.41) is 18.6. The number of aliphatic hydroxyl groups is 1. The van der Waals surface area contributed by atoms with E-state index in [9.17, 15) is 22.7 Å². The predicted molar refractivity (Wildman–Crippen MR) is 115 cm³/mol. The molecule has 0 spiro atoms. The number of nitrogens with two attached hydrogens (primary N) is 1. The van der Waals surface area contributed by atoms with E-state index in [2.05, 4.69) is 15.2 Å². The van der Waals surface area contributed by atoms with Crippen molar-refractivity contribution in [2.24, 2.45) is 5.73 Å². The van der Waals surface area contributed by atoms with Crippen LogP contribution in [-0.4, -0.2) is 68.1 Å². The summed E-state index contributed by atoms with van der Waals surface area (Å²) >= 11 is 0. The molecule has 4 aromatic rings. The fourth-order valence-corrected chi connectivity index (χ4v) is 4.31. The van der Waals surface area contributed by atoms with Gasteiger partial charge in [0.1, 0.15) is 11.7 Å². The van der Waals surface area contributed by atoms with E-state index in [1.807, 2.05) is 0 Å². The smallest absolute Gasteiger partial charge is 0.408 e. The largest absolute Gasteiger partial charge is 0.494 e. The molecule has 178 valence electrons. The second-order valence-corrected chi connectivity index (χ2v) is 8.22. The number of β-amino-alcohol motifs (C(OH)–C–C–N with tert-alkyl or cyclic N) is 1. The van der Waals surface area contributed by atoms with E-state index < -0.39 is 30.2 Å². The maximum Gasteiger partial charge on any atom is 0.408 e. The van der Waals surface area contributed by atoms with Gasteiger partial charge in [0.2, 0.25) is 0 Å². The number of ether oxygens (including phenoxy) is 1. The Morgan fingerprint density at radius 2 is 1.94 bits per heavy atom. The molecule has 0 radical (unpaired) electrons. The van der Waals surface area contributed by atoms with E-state index in [0.29, 0.717) is 22.2 Å². The number of rotatable bonds is 4. The van der Waals surface area contributed by atoms with Gasteiger partial charge in [-0.1, -0.05) is 12.1 Å². The van der Waals surface area contributed by atoms with Crippen LogP contribution in [0.5, 0.6) is 5.75 Å². The highest BCUT2D eigenvalue weighted by molar-refractivity contribution is 5.82. The van der Waals surface area contributed by atoms with Gasteiger partial charge in [0.05, 0.1) is 18.7 Å². The summed E-state index contributed by atoms with van der Waals surface area (Å²) in [7, 11) is 1.34. The van der Waals surface area contributed by atoms with Crippen molar-refractivity contribution in [3.63, 3.8) is 0 Å². The molecular weight excluding hydrogens is 456 g/mol. The first-order chi connectivity index (χ1) is 16.2. The van der Waals surface area contributed by atoms with E-state index in [0.717, 1.165) is 4.90 Å². The van der Waals surface area contributed by atoms with Crippen molar-refractivity contribution in [2.45, 2.75) is 24.4 Å². The van der Waals surface area contributed by atoms with Crippen molar-refractivity contribution < 1.29 is 27.4 Å². The van der Waals surface area contributed by atoms with Gasteiger partial charge in [-0.2, -0.15) is 13.2 Å². The first-order valence-electron chi connectivity index (χ1n) is 10.4. The fourth-order valence-electron chi connectivity index (χ4n) is 4.31. The highest BCUT2D eigenvalue weighted by Crippen LogP contribution is 2.39. The second-order valence-electron chi connectivity index (χ2n) is 8.22. The standard InChI is InChI=1S/C22H20F4N6O2/c1-34-18-7-16-11(6-13(18)23)2-4-15(28-16)21-30-29-19-5-3-12(8-32(19)21)20(22(24,25)26)31-9-14(27)17(33)10-31/h2-8,14,17,20,33H,9-10,27H2,1H3/t14-,17+,20-/m1/s1. The van der Waals surface area contributed by atoms with Crippen LogP contribution in [0.15, 0.2) is 42.6 Å². The van der Waals surface area contributed by atoms with Crippen molar-refractivity contribution in [3.8, 4) is 17.3 Å². The predicted octanol–water partition coefficient (Wildman–Crippen LogP) is 2.70. The molecule has 0 amide bonds. The van der Waals surface area contributed by atoms with Crippen LogP contribution >= 0.6 is 0 Å². The van der Waals surface area contributed by atoms with Gasteiger partial charge in [-0.15, -0.1) is 10.2 Å². The van der Waals surface area contributed by atoms with Crippen LogP contribution < -0.4 is 10.5 Å². The molecule has 8 nitrogen and oxygen atoms in total. The summed E-state index contributed by atoms with van der Waals surface area (Å²) < 4.78 is 62.7. The lowest BCUT2D eigenvalue weighted by Crippen LogP contribution is -2.38. The van der Waals surface area contributed by atoms with Gasteiger partial charge in [0.25, 0.3) is 0 Å². The molecule has 3 aromatic heterocycles. The maximum absolute atomic E-state index is 14.1. The summed E-state index contributed by atoms with van der Waals surface area (Å²) in [4.78, 5) is 5.61. The summed E-state index contributed by atoms with van der Waals surface area (Å²) in [6, 6.07) is 6.00. The highest BCUT2D eigenvalue weighted by Gasteiger charge is 2.48. The van der Waals surface area contributed by atoms with Gasteiger partial charge >= 0.3 is 6.18 Å². The fraction of sp³-hybridized carbons (Fsp3) is 0.318. The number of aromatic nitrogens is 4. The summed E-state index contributed by atoms with van der Waals surface area (Å²) in [6.07, 6.45) is -4.33. The van der Waals surface area contributed by atoms with Gasteiger partial charge in [-0.25, -0.2) is 9.37 Å². The third-order valence-electron chi connectivity index (χ3n) is 5.97. The van der Waals surface area contributed by atoms with E-state index in [-0.39, 0.29) is 30.2 Å². The molecule has 0 aliphatic carbocycles. The lowest BCUT2D eigenvalue weighted by molar-refractivity contribution is -0.184. The van der Waals surface area contributed by atoms with Crippen LogP contribution in [0.3, 0.4) is 0 Å². The normalized spacial score (nSPS) is 20.3. The van der Waals surface area contributed by atoms with Crippen molar-refractivity contribution >= 4 is 16.6 Å². The Balaban J connectivity index is 1.60. The van der Waals surface area contributed by atoms with E-state index >= 15 is 0 Å². The molecule has 3 atom stereocenters. The highest BCUT2D eigenvalue weighted by atomic mass is 19.4. The van der Waals surface area contributed by atoms with Gasteiger partial charge in [-0.05, 0) is 23.8 Å². The molecule has 0 saturated carbocycles. The molecular formula is C22H20F4N6O2. The second kappa shape index (κ2) is 8.15. The molecule has 34 heavy (non-hydrogen) atoms. The number of methoxy groups -OCH3 is 1. The average Bonchev–Trinajstić information content (AvgIpc) is 3.34. The first kappa shape index (κ1) is 22.4. The zero-order valence-electron chi connectivity index (χ0n) is 17.9. The Morgan fingerprint density at radius 1 is 1.15 bits per heavy atom. The number of hydrogen-bond donors (Lipinski definition) is 2. The van der Waals surface area contributed by atoms with E-state index in [4.69, 9.17) is 10.5 Å². The monoisotopic (exact) mass is 476 g/mol. The number of alkyl halides is 3. The molecule has 4 heterocycles. The molecule has 12 heteroatoms. The van der Waals surface area contributed by atoms with Gasteiger partial charge in [0.15, 0.2) is 23.0 Å². The van der Waals surface area contributed by atoms with E-state index in [1.165, 1.54) is 42.0 Å². The number of likely N-dealkylation sites (tertiary alicyclic amines) is 1. The zero-order valence-corrected chi connectivity index (χ0v) is 17.9. The Morgan fingerprint density at radius 3 is 2.62 bits per heavy atom. The molecule has 1 saturated heterocycles. The summed E-state index contributed by atoms with van der Waals surface area (Å²) in [5.74, 6) is -0.294. The topological polar surface area (TPSA) is 102 Å². The van der Waals surface area contributed by atoms with Crippen LogP contribution in [0.1, 0.15) is 11.6 Å². The van der Waals surface area contributed by atoms with E-state index in [1.54, 1.807) is 12.1 Å². The van der Waals surface area contributed by atoms with Crippen LogP contribution in [0.4, 0.5) is 17.6 Å². The van der Waals surface area contributed by atoms with Crippen LogP contribution in [0, 0.1) is 5.82 Å². The number of halogens is 4. The zero-order chi connectivity index (χ0) is 24.2. The van der Waals surface area contributed by atoms with Crippen LogP contribution in [0.25, 0.3) is 28.1 Å². The number of nitrogens with zero attached hydrogens (tertiary/aromatic N) is 5. The molecule has 1 aliphatic rings. The molecule has 5 rings (SSSR count). The number of benzene rings is 1. The minimum absolute atomic E-state index is 0.0181. The molecule has 0 unspecified atom stereocenters. The lowest BCUT2D eigenvalue weighted by atomic mass is 10.1. The number of fused-ring (bicyclic) bond motifs is 2. The van der Waals surface area contributed by atoms with Gasteiger partial charge < -0.3 is 15.6 Å². The van der Waals surface area contributed by atoms with Gasteiger partial charge in [0, 0.05) is 36.8 Å². The quantitative estimate of drug-likeness (QED) is 0.437. The lowest BCUT2D eigenvalue weighted by Gasteiger charge is -2.29. The average molecular weight is 476 g/mol. The number of hydrogen-bond acceptors (Lipinski definition) is 7. The van der Waals surface area contributed by atoms with Crippen molar-refractivity contribution in [3.05, 3.63) is 54.0 Å². The molecule has 1 aliphatic heterocycles. The minimum Gasteiger partial charge on any atom is -0.494 e. The number of aliphatic hydroxyl groups excluding tert-OH is 1. The van der Waals surface area contributed by atoms with Crippen molar-refractivity contribution in [1.29, 1.82) is 0 Å². The summed E-state index contributed by atoms with van der Waals surface area (Å²) in [5.41, 5.74) is 6.80. The molecule has 1 aromatic carbocycles. The van der Waals surface area contributed by atoms with Crippen LogP contribution in [0.2, 0.25) is 0 Å².